The third-order valence-corrected chi connectivity index (χ3v) is 13.2. The number of hydrogen-bond acceptors (Lipinski definition) is 9. The fraction of sp³-hybridized carbons (Fsp3) is 0.538. The molecule has 0 spiro atoms. The molecule has 0 saturated carbocycles. The molecule has 0 aliphatic heterocycles. The predicted octanol–water partition coefficient (Wildman–Crippen LogP) is 14.0. The first-order valence-corrected chi connectivity index (χ1v) is 26.8. The van der Waals surface area contributed by atoms with Gasteiger partial charge in [-0.05, 0) is 79.3 Å². The van der Waals surface area contributed by atoms with Crippen molar-refractivity contribution in [3.8, 4) is 34.5 Å². The summed E-state index contributed by atoms with van der Waals surface area (Å²) >= 11 is 0. The van der Waals surface area contributed by atoms with Crippen LogP contribution in [-0.2, 0) is 33.1 Å². The van der Waals surface area contributed by atoms with Crippen LogP contribution in [0.25, 0.3) is 0 Å². The van der Waals surface area contributed by atoms with Crippen LogP contribution in [0.15, 0.2) is 94.7 Å². The van der Waals surface area contributed by atoms with E-state index in [1.54, 1.807) is 42.5 Å². The zero-order valence-electron chi connectivity index (χ0n) is 39.2. The Balaban J connectivity index is 0.000000440. The van der Waals surface area contributed by atoms with Crippen molar-refractivity contribution in [3.05, 3.63) is 96.1 Å². The minimum absolute atomic E-state index is 0. The number of benzene rings is 4. The zero-order valence-corrected chi connectivity index (χ0v) is 43.0. The van der Waals surface area contributed by atoms with E-state index in [1.165, 1.54) is 121 Å². The molecule has 0 atom stereocenters. The van der Waals surface area contributed by atoms with E-state index in [2.05, 4.69) is 13.8 Å². The summed E-state index contributed by atoms with van der Waals surface area (Å²) in [5.41, 5.74) is 0.635. The van der Waals surface area contributed by atoms with Crippen molar-refractivity contribution < 1.29 is 45.6 Å². The summed E-state index contributed by atoms with van der Waals surface area (Å²) in [5, 5.41) is 22.6. The Kier molecular flexibility index (Phi) is 30.1. The van der Waals surface area contributed by atoms with Gasteiger partial charge in [0.1, 0.15) is 43.8 Å². The average molecular weight is 963 g/mol. The summed E-state index contributed by atoms with van der Waals surface area (Å²) in [6.07, 6.45) is 29.7. The first-order valence-electron chi connectivity index (χ1n) is 23.9. The van der Waals surface area contributed by atoms with Crippen molar-refractivity contribution in [1.82, 2.24) is 0 Å². The number of aromatic hydroxyl groups is 1. The molecule has 4 aromatic rings. The summed E-state index contributed by atoms with van der Waals surface area (Å²) in [5.74, 6) is 0.429. The Morgan fingerprint density at radius 2 is 0.785 bits per heavy atom. The molecule has 0 aliphatic carbocycles. The number of para-hydroxylation sites is 2. The summed E-state index contributed by atoms with van der Waals surface area (Å²) in [6.45, 7) is 4.47. The number of hydrogen-bond donors (Lipinski definition) is 2. The third-order valence-electron chi connectivity index (χ3n) is 11.3. The Labute approximate surface area is 421 Å². The number of unbranched alkanes of at least 4 members (excludes halogenated alkanes) is 22. The molecule has 0 saturated heterocycles. The van der Waals surface area contributed by atoms with Gasteiger partial charge in [-0.1, -0.05) is 197 Å². The van der Waals surface area contributed by atoms with Gasteiger partial charge in [0.15, 0.2) is 0 Å². The van der Waals surface area contributed by atoms with Crippen molar-refractivity contribution in [2.45, 2.75) is 191 Å². The first-order chi connectivity index (χ1) is 30.8. The Morgan fingerprint density at radius 1 is 0.462 bits per heavy atom. The maximum Gasteiger partial charge on any atom is 2.00 e. The van der Waals surface area contributed by atoms with Gasteiger partial charge < -0.3 is 24.2 Å². The monoisotopic (exact) mass is 962 g/mol. The van der Waals surface area contributed by atoms with Gasteiger partial charge in [0.2, 0.25) is 0 Å². The molecule has 0 fully saturated rings. The normalized spacial score (nSPS) is 11.4. The number of ether oxygens (including phenoxy) is 2. The van der Waals surface area contributed by atoms with Gasteiger partial charge in [-0.3, -0.25) is 4.55 Å². The molecular formula is C52H74CaO10S2. The fourth-order valence-corrected chi connectivity index (χ4v) is 9.51. The predicted molar refractivity (Wildman–Crippen MR) is 260 cm³/mol. The topological polar surface area (TPSA) is 173 Å². The van der Waals surface area contributed by atoms with Crippen LogP contribution in [0.3, 0.4) is 0 Å². The standard InChI is InChI=1S/2C26H38O5S.Ca/c2*1-2-3-4-5-6-7-8-9-10-11-12-14-17-22-20-24(31-23-18-15-13-16-19-23)21-25(27)26(22)32(28,29)30;/h2*13,15-16,18-21,27H,2-12,14,17H2,1H3,(H,28,29,30);/q;;+2/p-2. The Hall–Kier alpha value is -2.84. The van der Waals surface area contributed by atoms with E-state index in [4.69, 9.17) is 9.47 Å². The van der Waals surface area contributed by atoms with E-state index >= 15 is 0 Å². The van der Waals surface area contributed by atoms with Crippen molar-refractivity contribution in [2.24, 2.45) is 0 Å². The molecule has 0 amide bonds. The van der Waals surface area contributed by atoms with Crippen LogP contribution in [0.1, 0.15) is 179 Å². The second-order valence-corrected chi connectivity index (χ2v) is 19.6. The molecule has 65 heavy (non-hydrogen) atoms. The van der Waals surface area contributed by atoms with E-state index in [0.717, 1.165) is 51.0 Å². The van der Waals surface area contributed by atoms with Crippen LogP contribution in [0.2, 0.25) is 0 Å². The molecule has 2 N–H and O–H groups in total. The van der Waals surface area contributed by atoms with E-state index in [-0.39, 0.29) is 49.1 Å². The summed E-state index contributed by atoms with van der Waals surface area (Å²) < 4.78 is 79.7. The van der Waals surface area contributed by atoms with Gasteiger partial charge in [-0.2, -0.15) is 8.42 Å². The Bertz CT molecular complexity index is 1950. The molecule has 0 aliphatic rings. The van der Waals surface area contributed by atoms with Gasteiger partial charge in [-0.15, -0.1) is 0 Å². The minimum Gasteiger partial charge on any atom is -0.872 e. The molecule has 356 valence electrons. The number of phenols is 1. The molecule has 0 bridgehead atoms. The molecule has 0 aromatic heterocycles. The quantitative estimate of drug-likeness (QED) is 0.0272. The fourth-order valence-electron chi connectivity index (χ4n) is 7.91. The molecule has 4 rings (SSSR count). The maximum absolute atomic E-state index is 12.4. The van der Waals surface area contributed by atoms with Crippen molar-refractivity contribution in [3.63, 3.8) is 0 Å². The van der Waals surface area contributed by atoms with E-state index in [9.17, 15) is 36.2 Å². The van der Waals surface area contributed by atoms with Crippen LogP contribution in [-0.4, -0.2) is 68.8 Å². The number of aryl methyl sites for hydroxylation is 2. The zero-order chi connectivity index (χ0) is 46.5. The number of phenolic OH excluding ortho intramolecular Hbond substituents is 1. The van der Waals surface area contributed by atoms with Crippen LogP contribution in [0, 0.1) is 0 Å². The van der Waals surface area contributed by atoms with Gasteiger partial charge in [-0.25, -0.2) is 8.42 Å². The van der Waals surface area contributed by atoms with Gasteiger partial charge in [0, 0.05) is 11.0 Å². The van der Waals surface area contributed by atoms with Crippen LogP contribution >= 0.6 is 0 Å². The van der Waals surface area contributed by atoms with E-state index in [0.29, 0.717) is 35.7 Å². The summed E-state index contributed by atoms with van der Waals surface area (Å²) in [4.78, 5) is -1.05. The van der Waals surface area contributed by atoms with Crippen LogP contribution < -0.4 is 14.6 Å². The second kappa shape index (κ2) is 33.6. The molecule has 0 radical (unpaired) electrons. The van der Waals surface area contributed by atoms with E-state index in [1.807, 2.05) is 24.3 Å². The third kappa shape index (κ3) is 24.7. The number of rotatable bonds is 32. The van der Waals surface area contributed by atoms with E-state index < -0.39 is 41.5 Å². The summed E-state index contributed by atoms with van der Waals surface area (Å²) in [6, 6.07) is 23.4. The van der Waals surface area contributed by atoms with Crippen molar-refractivity contribution >= 4 is 58.0 Å². The molecular weight excluding hydrogens is 889 g/mol. The SMILES string of the molecule is CCCCCCCCCCCCCCc1cc(Oc2ccccc2)cc(O)c1S(=O)(=O)O.CCCCCCCCCCCCCCc1cc(Oc2ccccc2)cc([O-])c1S(=O)(=O)[O-].[Ca+2]. The van der Waals surface area contributed by atoms with Crippen LogP contribution in [0.5, 0.6) is 34.5 Å². The average Bonchev–Trinajstić information content (AvgIpc) is 3.24. The smallest absolute Gasteiger partial charge is 0.872 e. The van der Waals surface area contributed by atoms with Crippen molar-refractivity contribution in [1.29, 1.82) is 0 Å². The van der Waals surface area contributed by atoms with Gasteiger partial charge in [0.25, 0.3) is 10.1 Å². The Morgan fingerprint density at radius 3 is 1.12 bits per heavy atom. The summed E-state index contributed by atoms with van der Waals surface area (Å²) in [7, 11) is -9.36. The molecule has 0 unspecified atom stereocenters. The maximum atomic E-state index is 12.4. The minimum atomic E-state index is -4.84. The second-order valence-electron chi connectivity index (χ2n) is 16.9. The largest absolute Gasteiger partial charge is 2.00 e. The van der Waals surface area contributed by atoms with Gasteiger partial charge in [0.05, 0.1) is 0 Å². The van der Waals surface area contributed by atoms with Crippen LogP contribution in [0.4, 0.5) is 0 Å². The molecule has 4 aromatic carbocycles. The molecule has 13 heteroatoms. The molecule has 0 heterocycles. The molecule has 10 nitrogen and oxygen atoms in total. The first kappa shape index (κ1) is 58.3. The van der Waals surface area contributed by atoms with Crippen molar-refractivity contribution in [2.75, 3.05) is 0 Å². The van der Waals surface area contributed by atoms with Gasteiger partial charge >= 0.3 is 37.7 Å².